The topological polar surface area (TPSA) is 43.1 Å². The summed E-state index contributed by atoms with van der Waals surface area (Å²) < 4.78 is 0. The van der Waals surface area contributed by atoms with Crippen LogP contribution >= 0.6 is 11.3 Å². The van der Waals surface area contributed by atoms with Gasteiger partial charge in [-0.15, -0.1) is 6.42 Å². The minimum Gasteiger partial charge on any atom is -0.258 e. The molecule has 1 aromatic heterocycles. The van der Waals surface area contributed by atoms with E-state index in [1.165, 1.54) is 6.07 Å². The van der Waals surface area contributed by atoms with Crippen LogP contribution in [0.2, 0.25) is 0 Å². The lowest BCUT2D eigenvalue weighted by atomic mass is 10.1. The average molecular weight is 181 g/mol. The molecule has 0 aromatic carbocycles. The van der Waals surface area contributed by atoms with Crippen LogP contribution in [0.15, 0.2) is 12.1 Å². The smallest absolute Gasteiger partial charge is 0.258 e. The summed E-state index contributed by atoms with van der Waals surface area (Å²) in [5.41, 5.74) is 0. The molecule has 12 heavy (non-hydrogen) atoms. The monoisotopic (exact) mass is 181 g/mol. The van der Waals surface area contributed by atoms with Crippen LogP contribution in [0.25, 0.3) is 0 Å². The van der Waals surface area contributed by atoms with Crippen LogP contribution in [0, 0.1) is 22.5 Å². The van der Waals surface area contributed by atoms with Crippen molar-refractivity contribution in [3.8, 4) is 12.3 Å². The zero-order chi connectivity index (χ0) is 9.14. The minimum atomic E-state index is -0.405. The first-order valence-corrected chi connectivity index (χ1v) is 4.17. The summed E-state index contributed by atoms with van der Waals surface area (Å²) in [5.74, 6) is 2.48. The van der Waals surface area contributed by atoms with Crippen LogP contribution in [0.4, 0.5) is 5.00 Å². The van der Waals surface area contributed by atoms with Crippen LogP contribution in [0.5, 0.6) is 0 Å². The van der Waals surface area contributed by atoms with Gasteiger partial charge in [-0.05, 0) is 13.0 Å². The molecule has 0 bridgehead atoms. The second-order valence-corrected chi connectivity index (χ2v) is 3.42. The number of rotatable bonds is 2. The fraction of sp³-hybridized carbons (Fsp3) is 0.250. The predicted molar refractivity (Wildman–Crippen MR) is 48.2 cm³/mol. The molecule has 1 unspecified atom stereocenters. The van der Waals surface area contributed by atoms with Crippen LogP contribution in [0.3, 0.4) is 0 Å². The SMILES string of the molecule is C#CC(C)c1ccc([N+](=O)[O-])s1. The molecule has 62 valence electrons. The number of nitrogens with zero attached hydrogens (tertiary/aromatic N) is 1. The third-order valence-electron chi connectivity index (χ3n) is 1.47. The van der Waals surface area contributed by atoms with Crippen molar-refractivity contribution in [2.45, 2.75) is 12.8 Å². The van der Waals surface area contributed by atoms with E-state index in [2.05, 4.69) is 5.92 Å². The lowest BCUT2D eigenvalue weighted by Gasteiger charge is -1.95. The minimum absolute atomic E-state index is 0.0382. The molecule has 0 spiro atoms. The Morgan fingerprint density at radius 3 is 2.83 bits per heavy atom. The van der Waals surface area contributed by atoms with Crippen molar-refractivity contribution in [3.63, 3.8) is 0 Å². The van der Waals surface area contributed by atoms with E-state index >= 15 is 0 Å². The summed E-state index contributed by atoms with van der Waals surface area (Å²) in [5, 5.41) is 10.4. The lowest BCUT2D eigenvalue weighted by molar-refractivity contribution is -0.380. The van der Waals surface area contributed by atoms with E-state index in [0.29, 0.717) is 0 Å². The van der Waals surface area contributed by atoms with E-state index in [1.807, 2.05) is 6.92 Å². The first kappa shape index (κ1) is 8.75. The third-order valence-corrected chi connectivity index (χ3v) is 2.69. The fourth-order valence-electron chi connectivity index (χ4n) is 0.755. The Morgan fingerprint density at radius 2 is 2.42 bits per heavy atom. The van der Waals surface area contributed by atoms with Gasteiger partial charge >= 0.3 is 5.00 Å². The third kappa shape index (κ3) is 1.63. The maximum atomic E-state index is 10.3. The molecule has 0 saturated carbocycles. The summed E-state index contributed by atoms with van der Waals surface area (Å²) in [6.07, 6.45) is 5.18. The molecule has 1 rings (SSSR count). The van der Waals surface area contributed by atoms with Crippen LogP contribution < -0.4 is 0 Å². The summed E-state index contributed by atoms with van der Waals surface area (Å²) in [6, 6.07) is 3.18. The van der Waals surface area contributed by atoms with Crippen molar-refractivity contribution < 1.29 is 4.92 Å². The average Bonchev–Trinajstić information content (AvgIpc) is 2.51. The molecule has 4 heteroatoms. The van der Waals surface area contributed by atoms with Crippen LogP contribution in [-0.2, 0) is 0 Å². The maximum absolute atomic E-state index is 10.3. The van der Waals surface area contributed by atoms with Gasteiger partial charge in [-0.1, -0.05) is 17.3 Å². The Kier molecular flexibility index (Phi) is 2.46. The highest BCUT2D eigenvalue weighted by atomic mass is 32.1. The Balaban J connectivity index is 2.93. The van der Waals surface area contributed by atoms with E-state index in [0.717, 1.165) is 16.2 Å². The van der Waals surface area contributed by atoms with E-state index in [-0.39, 0.29) is 10.9 Å². The Hall–Kier alpha value is -1.34. The highest BCUT2D eigenvalue weighted by molar-refractivity contribution is 7.15. The molecular weight excluding hydrogens is 174 g/mol. The highest BCUT2D eigenvalue weighted by Gasteiger charge is 2.12. The Bertz CT molecular complexity index is 337. The van der Waals surface area contributed by atoms with Gasteiger partial charge in [-0.25, -0.2) is 0 Å². The number of nitro groups is 1. The molecule has 0 aliphatic heterocycles. The molecule has 1 heterocycles. The van der Waals surface area contributed by atoms with E-state index < -0.39 is 4.92 Å². The summed E-state index contributed by atoms with van der Waals surface area (Å²) in [6.45, 7) is 1.84. The zero-order valence-corrected chi connectivity index (χ0v) is 7.30. The molecule has 0 fully saturated rings. The molecule has 3 nitrogen and oxygen atoms in total. The van der Waals surface area contributed by atoms with Gasteiger partial charge in [0.15, 0.2) is 0 Å². The van der Waals surface area contributed by atoms with E-state index in [4.69, 9.17) is 6.42 Å². The Morgan fingerprint density at radius 1 is 1.75 bits per heavy atom. The highest BCUT2D eigenvalue weighted by Crippen LogP contribution is 2.29. The van der Waals surface area contributed by atoms with E-state index in [9.17, 15) is 10.1 Å². The quantitative estimate of drug-likeness (QED) is 0.399. The van der Waals surface area contributed by atoms with Gasteiger partial charge in [0.25, 0.3) is 0 Å². The zero-order valence-electron chi connectivity index (χ0n) is 6.48. The van der Waals surface area contributed by atoms with Gasteiger partial charge in [0, 0.05) is 10.9 Å². The molecule has 0 amide bonds. The normalized spacial score (nSPS) is 12.0. The Labute approximate surface area is 74.2 Å². The molecule has 0 aliphatic rings. The number of hydrogen-bond acceptors (Lipinski definition) is 3. The van der Waals surface area contributed by atoms with E-state index in [1.54, 1.807) is 6.07 Å². The predicted octanol–water partition coefficient (Wildman–Crippen LogP) is 2.39. The summed E-state index contributed by atoms with van der Waals surface area (Å²) in [7, 11) is 0. The van der Waals surface area contributed by atoms with Crippen molar-refractivity contribution in [1.29, 1.82) is 0 Å². The second-order valence-electron chi connectivity index (χ2n) is 2.32. The van der Waals surface area contributed by atoms with Crippen molar-refractivity contribution in [2.75, 3.05) is 0 Å². The van der Waals surface area contributed by atoms with Crippen molar-refractivity contribution in [3.05, 3.63) is 27.1 Å². The molecular formula is C8H7NO2S. The van der Waals surface area contributed by atoms with Crippen LogP contribution in [-0.4, -0.2) is 4.92 Å². The standard InChI is InChI=1S/C8H7NO2S/c1-3-6(2)7-4-5-8(12-7)9(10)11/h1,4-6H,2H3. The molecule has 0 saturated heterocycles. The lowest BCUT2D eigenvalue weighted by Crippen LogP contribution is -1.82. The maximum Gasteiger partial charge on any atom is 0.324 e. The van der Waals surface area contributed by atoms with Gasteiger partial charge in [0.05, 0.1) is 10.8 Å². The van der Waals surface area contributed by atoms with Gasteiger partial charge in [-0.2, -0.15) is 0 Å². The number of terminal acetylenes is 1. The molecule has 0 radical (unpaired) electrons. The molecule has 1 aromatic rings. The van der Waals surface area contributed by atoms with Gasteiger partial charge in [-0.3, -0.25) is 10.1 Å². The van der Waals surface area contributed by atoms with Crippen molar-refractivity contribution in [1.82, 2.24) is 0 Å². The first-order chi connectivity index (χ1) is 5.65. The molecule has 1 atom stereocenters. The first-order valence-electron chi connectivity index (χ1n) is 3.35. The summed E-state index contributed by atoms with van der Waals surface area (Å²) in [4.78, 5) is 10.7. The van der Waals surface area contributed by atoms with Gasteiger partial charge in [0.2, 0.25) is 0 Å². The molecule has 0 N–H and O–H groups in total. The van der Waals surface area contributed by atoms with Crippen molar-refractivity contribution >= 4 is 16.3 Å². The van der Waals surface area contributed by atoms with Gasteiger partial charge in [0.1, 0.15) is 0 Å². The number of hydrogen-bond donors (Lipinski definition) is 0. The number of thiophene rings is 1. The molecule has 0 aliphatic carbocycles. The largest absolute Gasteiger partial charge is 0.324 e. The fourth-order valence-corrected chi connectivity index (χ4v) is 1.59. The second kappa shape index (κ2) is 3.37. The van der Waals surface area contributed by atoms with Gasteiger partial charge < -0.3 is 0 Å². The summed E-state index contributed by atoms with van der Waals surface area (Å²) >= 11 is 1.13. The van der Waals surface area contributed by atoms with Crippen molar-refractivity contribution in [2.24, 2.45) is 0 Å². The van der Waals surface area contributed by atoms with Crippen LogP contribution in [0.1, 0.15) is 17.7 Å².